The fraction of sp³-hybridized carbons (Fsp3) is 0.217. The first kappa shape index (κ1) is 24.0. The van der Waals surface area contributed by atoms with Crippen molar-refractivity contribution in [2.75, 3.05) is 7.05 Å². The maximum atomic E-state index is 12.6. The first-order valence-corrected chi connectivity index (χ1v) is 11.6. The topological polar surface area (TPSA) is 118 Å². The van der Waals surface area contributed by atoms with E-state index in [1.54, 1.807) is 32.0 Å². The van der Waals surface area contributed by atoms with Crippen molar-refractivity contribution in [3.8, 4) is 5.75 Å². The summed E-state index contributed by atoms with van der Waals surface area (Å²) in [5.74, 6) is -0.264. The van der Waals surface area contributed by atoms with Crippen LogP contribution in [0.1, 0.15) is 40.5 Å². The molecule has 0 radical (unpaired) electrons. The van der Waals surface area contributed by atoms with Crippen molar-refractivity contribution >= 4 is 21.8 Å². The second-order valence-electron chi connectivity index (χ2n) is 7.42. The third-order valence-corrected chi connectivity index (χ3v) is 6.83. The number of para-hydroxylation sites is 1. The van der Waals surface area contributed by atoms with Gasteiger partial charge in [0.05, 0.1) is 4.90 Å². The predicted octanol–water partition coefficient (Wildman–Crippen LogP) is 2.96. The molecule has 10 heteroatoms. The molecule has 3 rings (SSSR count). The first-order chi connectivity index (χ1) is 15.7. The van der Waals surface area contributed by atoms with E-state index in [0.717, 1.165) is 0 Å². The van der Waals surface area contributed by atoms with Gasteiger partial charge in [0.25, 0.3) is 5.91 Å². The van der Waals surface area contributed by atoms with Gasteiger partial charge in [-0.05, 0) is 56.3 Å². The molecule has 0 atom stereocenters. The van der Waals surface area contributed by atoms with Crippen molar-refractivity contribution < 1.29 is 27.2 Å². The van der Waals surface area contributed by atoms with Gasteiger partial charge < -0.3 is 9.15 Å². The lowest BCUT2D eigenvalue weighted by atomic mass is 10.2. The Balaban J connectivity index is 1.59. The molecule has 0 saturated carbocycles. The molecule has 2 amide bonds. The Morgan fingerprint density at radius 2 is 1.67 bits per heavy atom. The summed E-state index contributed by atoms with van der Waals surface area (Å²) in [5.41, 5.74) is 4.58. The Morgan fingerprint density at radius 1 is 0.970 bits per heavy atom. The summed E-state index contributed by atoms with van der Waals surface area (Å²) in [4.78, 5) is 24.7. The van der Waals surface area contributed by atoms with Gasteiger partial charge in [-0.1, -0.05) is 24.3 Å². The Hall–Kier alpha value is -3.63. The van der Waals surface area contributed by atoms with Gasteiger partial charge in [0, 0.05) is 18.7 Å². The Bertz CT molecular complexity index is 1220. The summed E-state index contributed by atoms with van der Waals surface area (Å²) in [6.45, 7) is 3.63. The van der Waals surface area contributed by atoms with E-state index < -0.39 is 21.8 Å². The standard InChI is InChI=1S/C23H25N3O6S/c1-16(2)26(3)33(29,30)20-11-7-8-17(14-20)22(27)24-25-23(28)21-13-12-19(32-21)15-31-18-9-5-4-6-10-18/h4-14,16H,15H2,1-3H3,(H,24,27)(H,25,28). The Morgan fingerprint density at radius 3 is 2.36 bits per heavy atom. The smallest absolute Gasteiger partial charge is 0.305 e. The van der Waals surface area contributed by atoms with Gasteiger partial charge in [-0.3, -0.25) is 20.4 Å². The van der Waals surface area contributed by atoms with Crippen LogP contribution in [0.4, 0.5) is 0 Å². The fourth-order valence-corrected chi connectivity index (χ4v) is 4.15. The van der Waals surface area contributed by atoms with E-state index >= 15 is 0 Å². The van der Waals surface area contributed by atoms with Crippen LogP contribution in [0.5, 0.6) is 5.75 Å². The van der Waals surface area contributed by atoms with Crippen LogP contribution >= 0.6 is 0 Å². The molecule has 0 aliphatic rings. The van der Waals surface area contributed by atoms with Crippen LogP contribution in [0.3, 0.4) is 0 Å². The zero-order chi connectivity index (χ0) is 24.0. The molecule has 0 aliphatic heterocycles. The molecule has 33 heavy (non-hydrogen) atoms. The molecule has 174 valence electrons. The van der Waals surface area contributed by atoms with E-state index in [2.05, 4.69) is 10.9 Å². The van der Waals surface area contributed by atoms with Crippen LogP contribution in [0.25, 0.3) is 0 Å². The summed E-state index contributed by atoms with van der Waals surface area (Å²) < 4.78 is 37.5. The van der Waals surface area contributed by atoms with Gasteiger partial charge in [0.2, 0.25) is 10.0 Å². The molecular weight excluding hydrogens is 446 g/mol. The number of benzene rings is 2. The number of nitrogens with zero attached hydrogens (tertiary/aromatic N) is 1. The highest BCUT2D eigenvalue weighted by Crippen LogP contribution is 2.18. The second kappa shape index (κ2) is 10.3. The molecule has 3 aromatic rings. The number of hydrazine groups is 1. The Kier molecular flexibility index (Phi) is 7.52. The minimum absolute atomic E-state index is 0.0168. The normalized spacial score (nSPS) is 11.4. The third-order valence-electron chi connectivity index (χ3n) is 4.80. The van der Waals surface area contributed by atoms with Crippen molar-refractivity contribution in [3.63, 3.8) is 0 Å². The van der Waals surface area contributed by atoms with Crippen LogP contribution in [0, 0.1) is 0 Å². The number of nitrogens with one attached hydrogen (secondary N) is 2. The SMILES string of the molecule is CC(C)N(C)S(=O)(=O)c1cccc(C(=O)NNC(=O)c2ccc(COc3ccccc3)o2)c1. The molecule has 1 aromatic heterocycles. The lowest BCUT2D eigenvalue weighted by molar-refractivity contribution is 0.0828. The number of carbonyl (C=O) groups excluding carboxylic acids is 2. The second-order valence-corrected chi connectivity index (χ2v) is 9.42. The van der Waals surface area contributed by atoms with Crippen LogP contribution in [-0.4, -0.2) is 37.6 Å². The van der Waals surface area contributed by atoms with E-state index in [9.17, 15) is 18.0 Å². The zero-order valence-electron chi connectivity index (χ0n) is 18.4. The number of sulfonamides is 1. The van der Waals surface area contributed by atoms with Crippen LogP contribution < -0.4 is 15.6 Å². The lowest BCUT2D eigenvalue weighted by Crippen LogP contribution is -2.41. The van der Waals surface area contributed by atoms with Crippen molar-refractivity contribution in [3.05, 3.63) is 83.8 Å². The largest absolute Gasteiger partial charge is 0.486 e. The predicted molar refractivity (Wildman–Crippen MR) is 121 cm³/mol. The molecule has 0 spiro atoms. The number of hydrogen-bond acceptors (Lipinski definition) is 6. The number of furan rings is 1. The summed E-state index contributed by atoms with van der Waals surface area (Å²) in [6.07, 6.45) is 0. The van der Waals surface area contributed by atoms with Crippen molar-refractivity contribution in [2.45, 2.75) is 31.4 Å². The highest BCUT2D eigenvalue weighted by Gasteiger charge is 2.24. The minimum Gasteiger partial charge on any atom is -0.486 e. The highest BCUT2D eigenvalue weighted by molar-refractivity contribution is 7.89. The van der Waals surface area contributed by atoms with Gasteiger partial charge in [-0.15, -0.1) is 0 Å². The van der Waals surface area contributed by atoms with E-state index in [-0.39, 0.29) is 28.9 Å². The summed E-state index contributed by atoms with van der Waals surface area (Å²) in [7, 11) is -2.28. The first-order valence-electron chi connectivity index (χ1n) is 10.1. The number of ether oxygens (including phenoxy) is 1. The van der Waals surface area contributed by atoms with E-state index in [0.29, 0.717) is 11.5 Å². The van der Waals surface area contributed by atoms with Crippen molar-refractivity contribution in [1.82, 2.24) is 15.2 Å². The van der Waals surface area contributed by atoms with E-state index in [4.69, 9.17) is 9.15 Å². The van der Waals surface area contributed by atoms with Crippen LogP contribution in [0.2, 0.25) is 0 Å². The van der Waals surface area contributed by atoms with E-state index in [1.165, 1.54) is 41.7 Å². The molecule has 0 bridgehead atoms. The average molecular weight is 472 g/mol. The highest BCUT2D eigenvalue weighted by atomic mass is 32.2. The van der Waals surface area contributed by atoms with Crippen LogP contribution in [-0.2, 0) is 16.6 Å². The number of amides is 2. The Labute approximate surface area is 192 Å². The molecular formula is C23H25N3O6S. The number of hydrogen-bond donors (Lipinski definition) is 2. The number of rotatable bonds is 8. The van der Waals surface area contributed by atoms with Gasteiger partial charge in [-0.2, -0.15) is 4.31 Å². The molecule has 0 saturated heterocycles. The average Bonchev–Trinajstić information content (AvgIpc) is 3.30. The van der Waals surface area contributed by atoms with Crippen LogP contribution in [0.15, 0.2) is 76.0 Å². The quantitative estimate of drug-likeness (QED) is 0.488. The monoisotopic (exact) mass is 471 g/mol. The number of carbonyl (C=O) groups is 2. The molecule has 9 nitrogen and oxygen atoms in total. The molecule has 2 aromatic carbocycles. The molecule has 0 unspecified atom stereocenters. The molecule has 2 N–H and O–H groups in total. The molecule has 0 aliphatic carbocycles. The van der Waals surface area contributed by atoms with Crippen molar-refractivity contribution in [1.29, 1.82) is 0 Å². The fourth-order valence-electron chi connectivity index (χ4n) is 2.74. The summed E-state index contributed by atoms with van der Waals surface area (Å²) in [5, 5.41) is 0. The molecule has 1 heterocycles. The van der Waals surface area contributed by atoms with E-state index in [1.807, 2.05) is 18.2 Å². The minimum atomic E-state index is -3.75. The third kappa shape index (κ3) is 5.99. The van der Waals surface area contributed by atoms with Gasteiger partial charge in [0.1, 0.15) is 18.1 Å². The maximum Gasteiger partial charge on any atom is 0.305 e. The van der Waals surface area contributed by atoms with Gasteiger partial charge in [-0.25, -0.2) is 8.42 Å². The maximum absolute atomic E-state index is 12.6. The zero-order valence-corrected chi connectivity index (χ0v) is 19.3. The molecule has 0 fully saturated rings. The van der Waals surface area contributed by atoms with Crippen molar-refractivity contribution in [2.24, 2.45) is 0 Å². The summed E-state index contributed by atoms with van der Waals surface area (Å²) in [6, 6.07) is 17.5. The van der Waals surface area contributed by atoms with Gasteiger partial charge in [0.15, 0.2) is 5.76 Å². The van der Waals surface area contributed by atoms with Gasteiger partial charge >= 0.3 is 5.91 Å². The summed E-state index contributed by atoms with van der Waals surface area (Å²) >= 11 is 0. The lowest BCUT2D eigenvalue weighted by Gasteiger charge is -2.21.